The summed E-state index contributed by atoms with van der Waals surface area (Å²) in [4.78, 5) is 0. The normalized spacial score (nSPS) is 11.4. The molecule has 6 nitrogen and oxygen atoms in total. The number of nitrogens with zero attached hydrogens (tertiary/aromatic N) is 2. The monoisotopic (exact) mass is 196 g/mol. The molecule has 0 aromatic heterocycles. The lowest BCUT2D eigenvalue weighted by Gasteiger charge is -2.02. The zero-order chi connectivity index (χ0) is 10.6. The van der Waals surface area contributed by atoms with Crippen LogP contribution in [0.3, 0.4) is 0 Å². The van der Waals surface area contributed by atoms with Crippen molar-refractivity contribution in [3.63, 3.8) is 0 Å². The fourth-order valence-corrected chi connectivity index (χ4v) is 0.966. The molecule has 0 saturated heterocycles. The highest BCUT2D eigenvalue weighted by atomic mass is 16.4. The molecule has 0 aliphatic heterocycles. The van der Waals surface area contributed by atoms with Crippen molar-refractivity contribution in [1.82, 2.24) is 0 Å². The zero-order valence-corrected chi connectivity index (χ0v) is 6.99. The van der Waals surface area contributed by atoms with Crippen LogP contribution in [0.1, 0.15) is 11.1 Å². The minimum atomic E-state index is -0.405. The molecule has 0 heterocycles. The van der Waals surface area contributed by atoms with Gasteiger partial charge in [0.2, 0.25) is 0 Å². The lowest BCUT2D eigenvalue weighted by molar-refractivity contribution is 0.321. The van der Waals surface area contributed by atoms with Gasteiger partial charge in [-0.05, 0) is 12.1 Å². The van der Waals surface area contributed by atoms with Gasteiger partial charge in [0.25, 0.3) is 0 Å². The fourth-order valence-electron chi connectivity index (χ4n) is 0.966. The number of aromatic hydroxyl groups is 2. The summed E-state index contributed by atoms with van der Waals surface area (Å²) in [6.07, 6.45) is 2.01. The van der Waals surface area contributed by atoms with E-state index in [9.17, 15) is 10.2 Å². The molecule has 0 amide bonds. The average molecular weight is 196 g/mol. The maximum absolute atomic E-state index is 9.26. The largest absolute Gasteiger partial charge is 0.504 e. The molecule has 0 atom stereocenters. The second-order valence-electron chi connectivity index (χ2n) is 2.47. The molecule has 0 aliphatic carbocycles. The van der Waals surface area contributed by atoms with Crippen LogP contribution in [0, 0.1) is 0 Å². The maximum Gasteiger partial charge on any atom is 0.166 e. The van der Waals surface area contributed by atoms with E-state index in [1.54, 1.807) is 0 Å². The topological polar surface area (TPSA) is 106 Å². The van der Waals surface area contributed by atoms with E-state index < -0.39 is 11.5 Å². The molecule has 0 radical (unpaired) electrons. The van der Waals surface area contributed by atoms with Crippen molar-refractivity contribution in [1.29, 1.82) is 0 Å². The van der Waals surface area contributed by atoms with Crippen molar-refractivity contribution in [3.05, 3.63) is 23.3 Å². The first-order chi connectivity index (χ1) is 6.69. The summed E-state index contributed by atoms with van der Waals surface area (Å²) >= 11 is 0. The third kappa shape index (κ3) is 1.92. The van der Waals surface area contributed by atoms with Crippen molar-refractivity contribution in [2.45, 2.75) is 0 Å². The molecule has 0 fully saturated rings. The van der Waals surface area contributed by atoms with Crippen LogP contribution in [-0.2, 0) is 0 Å². The Hall–Kier alpha value is -2.24. The van der Waals surface area contributed by atoms with Gasteiger partial charge in [-0.15, -0.1) is 0 Å². The highest BCUT2D eigenvalue weighted by Crippen LogP contribution is 2.28. The van der Waals surface area contributed by atoms with E-state index in [0.717, 1.165) is 12.4 Å². The Morgan fingerprint density at radius 1 is 1.00 bits per heavy atom. The van der Waals surface area contributed by atoms with Crippen LogP contribution in [0.5, 0.6) is 11.5 Å². The highest BCUT2D eigenvalue weighted by molar-refractivity contribution is 5.89. The van der Waals surface area contributed by atoms with E-state index in [1.807, 2.05) is 0 Å². The predicted molar refractivity (Wildman–Crippen MR) is 48.5 cm³/mol. The van der Waals surface area contributed by atoms with Gasteiger partial charge in [-0.2, -0.15) is 0 Å². The number of rotatable bonds is 2. The molecule has 14 heavy (non-hydrogen) atoms. The number of phenols is 2. The Balaban J connectivity index is 3.27. The smallest absolute Gasteiger partial charge is 0.166 e. The Labute approximate surface area is 79.0 Å². The third-order valence-electron chi connectivity index (χ3n) is 1.55. The first kappa shape index (κ1) is 9.85. The maximum atomic E-state index is 9.26. The van der Waals surface area contributed by atoms with E-state index in [1.165, 1.54) is 12.1 Å². The summed E-state index contributed by atoms with van der Waals surface area (Å²) < 4.78 is 0. The predicted octanol–water partition coefficient (Wildman–Crippen LogP) is 0.714. The van der Waals surface area contributed by atoms with Gasteiger partial charge in [0.15, 0.2) is 11.5 Å². The number of oxime groups is 2. The van der Waals surface area contributed by atoms with Crippen molar-refractivity contribution in [2.75, 3.05) is 0 Å². The third-order valence-corrected chi connectivity index (χ3v) is 1.55. The standard InChI is InChI=1S/C8H8N2O4/c11-7-2-5(3-9-13)1-6(4-10-14)8(7)12/h1-4,11-14H/b9-3?,10-4+. The first-order valence-corrected chi connectivity index (χ1v) is 3.60. The Morgan fingerprint density at radius 2 is 1.64 bits per heavy atom. The van der Waals surface area contributed by atoms with Crippen LogP contribution >= 0.6 is 0 Å². The Bertz CT molecular complexity index is 387. The number of hydrogen-bond donors (Lipinski definition) is 4. The average Bonchev–Trinajstić information content (AvgIpc) is 2.14. The molecule has 0 bridgehead atoms. The highest BCUT2D eigenvalue weighted by Gasteiger charge is 2.06. The van der Waals surface area contributed by atoms with Gasteiger partial charge in [-0.1, -0.05) is 10.3 Å². The van der Waals surface area contributed by atoms with Gasteiger partial charge >= 0.3 is 0 Å². The van der Waals surface area contributed by atoms with E-state index in [0.29, 0.717) is 5.56 Å². The molecular formula is C8H8N2O4. The van der Waals surface area contributed by atoms with Crippen molar-refractivity contribution in [2.24, 2.45) is 10.3 Å². The second kappa shape index (κ2) is 4.13. The van der Waals surface area contributed by atoms with Gasteiger partial charge in [0.05, 0.1) is 12.4 Å². The minimum Gasteiger partial charge on any atom is -0.504 e. The Morgan fingerprint density at radius 3 is 2.21 bits per heavy atom. The molecule has 1 aromatic carbocycles. The zero-order valence-electron chi connectivity index (χ0n) is 6.99. The van der Waals surface area contributed by atoms with E-state index in [2.05, 4.69) is 10.3 Å². The molecule has 6 heteroatoms. The molecule has 0 spiro atoms. The van der Waals surface area contributed by atoms with Gasteiger partial charge in [-0.25, -0.2) is 0 Å². The summed E-state index contributed by atoms with van der Waals surface area (Å²) in [5, 5.41) is 40.4. The molecule has 4 N–H and O–H groups in total. The fraction of sp³-hybridized carbons (Fsp3) is 0. The summed E-state index contributed by atoms with van der Waals surface area (Å²) in [5.74, 6) is -0.796. The molecule has 0 aliphatic rings. The van der Waals surface area contributed by atoms with Crippen LogP contribution in [0.15, 0.2) is 22.4 Å². The second-order valence-corrected chi connectivity index (χ2v) is 2.47. The van der Waals surface area contributed by atoms with E-state index in [4.69, 9.17) is 10.4 Å². The van der Waals surface area contributed by atoms with Gasteiger partial charge in [0, 0.05) is 11.1 Å². The summed E-state index contributed by atoms with van der Waals surface area (Å²) in [5.41, 5.74) is 0.472. The molecule has 1 rings (SSSR count). The molecule has 1 aromatic rings. The lowest BCUT2D eigenvalue weighted by atomic mass is 10.1. The van der Waals surface area contributed by atoms with Crippen LogP contribution in [0.2, 0.25) is 0 Å². The van der Waals surface area contributed by atoms with Crippen molar-refractivity contribution < 1.29 is 20.6 Å². The quantitative estimate of drug-likeness (QED) is 0.242. The van der Waals surface area contributed by atoms with Crippen molar-refractivity contribution >= 4 is 12.4 Å². The molecular weight excluding hydrogens is 188 g/mol. The molecule has 74 valence electrons. The van der Waals surface area contributed by atoms with Crippen LogP contribution in [0.25, 0.3) is 0 Å². The summed E-state index contributed by atoms with van der Waals surface area (Å²) in [6, 6.07) is 2.57. The SMILES string of the molecule is ON=Cc1cc(O)c(O)c(/C=N/O)c1. The van der Waals surface area contributed by atoms with Crippen molar-refractivity contribution in [3.8, 4) is 11.5 Å². The minimum absolute atomic E-state index is 0.113. The first-order valence-electron chi connectivity index (χ1n) is 3.60. The van der Waals surface area contributed by atoms with E-state index >= 15 is 0 Å². The number of hydrogen-bond acceptors (Lipinski definition) is 6. The summed E-state index contributed by atoms with van der Waals surface area (Å²) in [7, 11) is 0. The Kier molecular flexibility index (Phi) is 2.90. The summed E-state index contributed by atoms with van der Waals surface area (Å²) in [6.45, 7) is 0. The van der Waals surface area contributed by atoms with Gasteiger partial charge in [0.1, 0.15) is 0 Å². The van der Waals surface area contributed by atoms with Crippen LogP contribution in [0.4, 0.5) is 0 Å². The van der Waals surface area contributed by atoms with Crippen LogP contribution < -0.4 is 0 Å². The molecule has 0 saturated carbocycles. The van der Waals surface area contributed by atoms with E-state index in [-0.39, 0.29) is 5.56 Å². The van der Waals surface area contributed by atoms with Gasteiger partial charge < -0.3 is 20.6 Å². The van der Waals surface area contributed by atoms with Crippen LogP contribution in [-0.4, -0.2) is 33.1 Å². The lowest BCUT2D eigenvalue weighted by Crippen LogP contribution is -1.88. The number of phenolic OH excluding ortho intramolecular Hbond substituents is 2. The molecule has 0 unspecified atom stereocenters. The van der Waals surface area contributed by atoms with Gasteiger partial charge in [-0.3, -0.25) is 0 Å². The number of benzene rings is 1.